The molecule has 0 radical (unpaired) electrons. The fourth-order valence-corrected chi connectivity index (χ4v) is 22.9. The van der Waals surface area contributed by atoms with E-state index >= 15 is 0 Å². The molecule has 0 saturated carbocycles. The van der Waals surface area contributed by atoms with Crippen molar-refractivity contribution < 1.29 is 0 Å². The normalized spacial score (nSPS) is 15.3. The minimum absolute atomic E-state index is 0.176. The van der Waals surface area contributed by atoms with Crippen molar-refractivity contribution in [3.05, 3.63) is 218 Å². The SMILES string of the molecule is c1ccc2c(c1)Sc1cccc3c1B2c1cc(N2c4ccccc4[Si]4(c5ccccc52)c2ccccc2N(c2ccc5c(c2)B2c6ccccc6Sc6cccc(c62)S5)c2ccccc24)ccc1S3. The fraction of sp³-hybridized carbons (Fsp3) is 0. The maximum absolute atomic E-state index is 2.98. The van der Waals surface area contributed by atoms with Gasteiger partial charge in [-0.15, -0.1) is 0 Å². The predicted molar refractivity (Wildman–Crippen MR) is 298 cm³/mol. The second-order valence-corrected chi connectivity index (χ2v) is 26.6. The summed E-state index contributed by atoms with van der Waals surface area (Å²) >= 11 is 7.69. The van der Waals surface area contributed by atoms with Gasteiger partial charge in [0, 0.05) is 73.3 Å². The summed E-state index contributed by atoms with van der Waals surface area (Å²) in [4.78, 5) is 16.1. The van der Waals surface area contributed by atoms with Crippen LogP contribution in [0.3, 0.4) is 0 Å². The average Bonchev–Trinajstić information content (AvgIpc) is 3.40. The monoisotopic (exact) mass is 962 g/mol. The minimum atomic E-state index is -2.98. The Hall–Kier alpha value is -6.45. The highest BCUT2D eigenvalue weighted by molar-refractivity contribution is 8.02. The van der Waals surface area contributed by atoms with E-state index in [1.165, 1.54) is 127 Å². The first kappa shape index (κ1) is 39.4. The first-order valence-corrected chi connectivity index (χ1v) is 28.9. The summed E-state index contributed by atoms with van der Waals surface area (Å²) in [5.41, 5.74) is 16.0. The van der Waals surface area contributed by atoms with Crippen molar-refractivity contribution in [2.24, 2.45) is 0 Å². The van der Waals surface area contributed by atoms with Gasteiger partial charge in [-0.2, -0.15) is 0 Å². The van der Waals surface area contributed by atoms with Crippen molar-refractivity contribution in [3.8, 4) is 0 Å². The molecule has 9 heteroatoms. The van der Waals surface area contributed by atoms with Crippen LogP contribution < -0.4 is 63.3 Å². The first-order chi connectivity index (χ1) is 34.2. The zero-order valence-electron chi connectivity index (χ0n) is 37.0. The third kappa shape index (κ3) is 5.37. The molecule has 69 heavy (non-hydrogen) atoms. The molecule has 0 unspecified atom stereocenters. The summed E-state index contributed by atoms with van der Waals surface area (Å²) in [6.07, 6.45) is 0. The summed E-state index contributed by atoms with van der Waals surface area (Å²) in [7, 11) is -2.98. The molecule has 6 aliphatic rings. The van der Waals surface area contributed by atoms with Gasteiger partial charge in [0.1, 0.15) is 0 Å². The van der Waals surface area contributed by atoms with Crippen LogP contribution >= 0.6 is 47.0 Å². The molecule has 0 aromatic heterocycles. The number of para-hydroxylation sites is 4. The molecular formula is C60H36B2N2S4Si. The molecular weight excluding hydrogens is 927 g/mol. The highest BCUT2D eigenvalue weighted by Gasteiger charge is 2.54. The van der Waals surface area contributed by atoms with Gasteiger partial charge >= 0.3 is 0 Å². The van der Waals surface area contributed by atoms with Gasteiger partial charge in [0.05, 0.1) is 0 Å². The van der Waals surface area contributed by atoms with Crippen LogP contribution in [0.25, 0.3) is 0 Å². The zero-order chi connectivity index (χ0) is 45.0. The lowest BCUT2D eigenvalue weighted by molar-refractivity contribution is 1.26. The molecule has 0 N–H and O–H groups in total. The molecule has 320 valence electrons. The third-order valence-corrected chi connectivity index (χ3v) is 24.9. The van der Waals surface area contributed by atoms with Crippen molar-refractivity contribution in [2.75, 3.05) is 9.80 Å². The van der Waals surface area contributed by atoms with Crippen molar-refractivity contribution >= 4 is 156 Å². The van der Waals surface area contributed by atoms with Crippen molar-refractivity contribution in [3.63, 3.8) is 0 Å². The second kappa shape index (κ2) is 14.8. The van der Waals surface area contributed by atoms with Crippen LogP contribution in [0.15, 0.2) is 258 Å². The average molecular weight is 963 g/mol. The molecule has 0 aliphatic carbocycles. The molecule has 10 aromatic rings. The van der Waals surface area contributed by atoms with Crippen molar-refractivity contribution in [2.45, 2.75) is 39.2 Å². The van der Waals surface area contributed by atoms with Gasteiger partial charge in [-0.3, -0.25) is 0 Å². The van der Waals surface area contributed by atoms with E-state index in [9.17, 15) is 0 Å². The summed E-state index contributed by atoms with van der Waals surface area (Å²) in [5, 5.41) is 5.68. The molecule has 16 rings (SSSR count). The van der Waals surface area contributed by atoms with E-state index in [4.69, 9.17) is 0 Å². The van der Waals surface area contributed by atoms with Crippen LogP contribution in [0.1, 0.15) is 0 Å². The highest BCUT2D eigenvalue weighted by Crippen LogP contribution is 2.46. The molecule has 6 heterocycles. The van der Waals surface area contributed by atoms with E-state index in [0.29, 0.717) is 0 Å². The van der Waals surface area contributed by atoms with Gasteiger partial charge in [-0.05, 0) is 129 Å². The van der Waals surface area contributed by atoms with Gasteiger partial charge in [-0.1, -0.05) is 190 Å². The molecule has 0 amide bonds. The number of rotatable bonds is 2. The Kier molecular flexibility index (Phi) is 8.44. The number of fused-ring (bicyclic) bond motifs is 16. The van der Waals surface area contributed by atoms with E-state index < -0.39 is 8.07 Å². The summed E-state index contributed by atoms with van der Waals surface area (Å²) < 4.78 is 0. The minimum Gasteiger partial charge on any atom is -0.311 e. The summed E-state index contributed by atoms with van der Waals surface area (Å²) in [6.45, 7) is 0.351. The van der Waals surface area contributed by atoms with Crippen molar-refractivity contribution in [1.29, 1.82) is 0 Å². The van der Waals surface area contributed by atoms with Gasteiger partial charge in [0.25, 0.3) is 0 Å². The molecule has 1 spiro atoms. The van der Waals surface area contributed by atoms with Crippen molar-refractivity contribution in [1.82, 2.24) is 0 Å². The van der Waals surface area contributed by atoms with Crippen LogP contribution in [-0.4, -0.2) is 21.5 Å². The third-order valence-electron chi connectivity index (χ3n) is 15.3. The van der Waals surface area contributed by atoms with Gasteiger partial charge in [0.15, 0.2) is 8.07 Å². The number of hydrogen-bond acceptors (Lipinski definition) is 6. The van der Waals surface area contributed by atoms with Gasteiger partial charge < -0.3 is 9.80 Å². The molecule has 2 nitrogen and oxygen atoms in total. The van der Waals surface area contributed by atoms with Gasteiger partial charge in [0.2, 0.25) is 13.4 Å². The van der Waals surface area contributed by atoms with E-state index in [0.717, 1.165) is 0 Å². The number of nitrogens with zero attached hydrogens (tertiary/aromatic N) is 2. The van der Waals surface area contributed by atoms with E-state index in [1.54, 1.807) is 0 Å². The van der Waals surface area contributed by atoms with E-state index in [2.05, 4.69) is 228 Å². The van der Waals surface area contributed by atoms with Crippen LogP contribution in [-0.2, 0) is 0 Å². The van der Waals surface area contributed by atoms with Crippen LogP contribution in [0.5, 0.6) is 0 Å². The standard InChI is InChI=1S/C60H36B2N2S4Si/c1-7-21-47-39(15-1)61-41-35-37(31-33-49(41)67-53-25-13-23-51(65-47)59(53)61)63-43-17-3-9-27-55(43)69(56-28-10-4-18-44(56)63)57-29-11-5-19-45(57)64(46-20-6-12-30-58(46)69)38-32-34-50-42(36-38)62-40-16-2-8-22-48(40)66-52-24-14-26-54(68-50)60(52)62/h1-36H. The van der Waals surface area contributed by atoms with Crippen LogP contribution in [0, 0.1) is 0 Å². The molecule has 0 atom stereocenters. The Bertz CT molecular complexity index is 3520. The quantitative estimate of drug-likeness (QED) is 0.158. The summed E-state index contributed by atoms with van der Waals surface area (Å²) in [5.74, 6) is 0. The molecule has 0 fully saturated rings. The lowest BCUT2D eigenvalue weighted by Gasteiger charge is -2.50. The maximum Gasteiger partial charge on any atom is 0.247 e. The van der Waals surface area contributed by atoms with E-state index in [1.807, 2.05) is 47.0 Å². The molecule has 6 aliphatic heterocycles. The smallest absolute Gasteiger partial charge is 0.247 e. The zero-order valence-corrected chi connectivity index (χ0v) is 41.2. The predicted octanol–water partition coefficient (Wildman–Crippen LogP) is 9.52. The lowest BCUT2D eigenvalue weighted by Crippen LogP contribution is -2.79. The Labute approximate surface area is 420 Å². The fourth-order valence-electron chi connectivity index (χ4n) is 12.6. The Morgan fingerprint density at radius 1 is 0.275 bits per heavy atom. The van der Waals surface area contributed by atoms with E-state index in [-0.39, 0.29) is 13.4 Å². The highest BCUT2D eigenvalue weighted by atomic mass is 32.2. The topological polar surface area (TPSA) is 6.48 Å². The first-order valence-electron chi connectivity index (χ1n) is 23.6. The lowest BCUT2D eigenvalue weighted by atomic mass is 9.36. The number of anilines is 6. The molecule has 0 saturated heterocycles. The molecule has 0 bridgehead atoms. The van der Waals surface area contributed by atoms with Crippen LogP contribution in [0.2, 0.25) is 0 Å². The number of hydrogen-bond donors (Lipinski definition) is 0. The number of benzene rings is 10. The maximum atomic E-state index is 2.59. The molecule has 10 aromatic carbocycles. The second-order valence-electron chi connectivity index (χ2n) is 18.6. The Morgan fingerprint density at radius 3 is 0.957 bits per heavy atom. The Morgan fingerprint density at radius 2 is 0.580 bits per heavy atom. The van der Waals surface area contributed by atoms with Gasteiger partial charge in [-0.25, -0.2) is 0 Å². The summed E-state index contributed by atoms with van der Waals surface area (Å²) in [6, 6.07) is 83.9. The Balaban J connectivity index is 0.890. The van der Waals surface area contributed by atoms with Crippen LogP contribution in [0.4, 0.5) is 34.1 Å². The largest absolute Gasteiger partial charge is 0.311 e.